The van der Waals surface area contributed by atoms with E-state index in [0.29, 0.717) is 36.6 Å². The standard InChI is InChI=1S/C16H26N2O2/c1-6-16(19)15-8-7-14(11-17-15)20-10-9-18(12(2)3)13(4)5/h7-8,11-13H,6,9-10H2,1-5H3. The van der Waals surface area contributed by atoms with Crippen molar-refractivity contribution < 1.29 is 9.53 Å². The van der Waals surface area contributed by atoms with E-state index >= 15 is 0 Å². The summed E-state index contributed by atoms with van der Waals surface area (Å²) in [4.78, 5) is 18.0. The van der Waals surface area contributed by atoms with Crippen molar-refractivity contribution in [2.24, 2.45) is 0 Å². The van der Waals surface area contributed by atoms with Crippen LogP contribution in [0.1, 0.15) is 51.5 Å². The number of Topliss-reactive ketones (excluding diaryl/α,β-unsaturated/α-hetero) is 1. The largest absolute Gasteiger partial charge is 0.491 e. The lowest BCUT2D eigenvalue weighted by molar-refractivity contribution is 0.0983. The minimum Gasteiger partial charge on any atom is -0.491 e. The summed E-state index contributed by atoms with van der Waals surface area (Å²) in [7, 11) is 0. The highest BCUT2D eigenvalue weighted by Crippen LogP contribution is 2.11. The van der Waals surface area contributed by atoms with Crippen LogP contribution in [0.2, 0.25) is 0 Å². The Morgan fingerprint density at radius 2 is 1.90 bits per heavy atom. The summed E-state index contributed by atoms with van der Waals surface area (Å²) in [5.74, 6) is 0.771. The summed E-state index contributed by atoms with van der Waals surface area (Å²) in [6, 6.07) is 4.54. The van der Waals surface area contributed by atoms with Gasteiger partial charge in [0, 0.05) is 25.0 Å². The molecular formula is C16H26N2O2. The first-order valence-electron chi connectivity index (χ1n) is 7.33. The first-order chi connectivity index (χ1) is 9.45. The molecule has 1 aromatic heterocycles. The molecule has 1 heterocycles. The Labute approximate surface area is 122 Å². The van der Waals surface area contributed by atoms with Gasteiger partial charge in [-0.2, -0.15) is 0 Å². The Hall–Kier alpha value is -1.42. The highest BCUT2D eigenvalue weighted by molar-refractivity contribution is 5.93. The van der Waals surface area contributed by atoms with Gasteiger partial charge >= 0.3 is 0 Å². The molecule has 0 fully saturated rings. The van der Waals surface area contributed by atoms with E-state index in [0.717, 1.165) is 6.54 Å². The van der Waals surface area contributed by atoms with E-state index in [4.69, 9.17) is 4.74 Å². The summed E-state index contributed by atoms with van der Waals surface area (Å²) >= 11 is 0. The van der Waals surface area contributed by atoms with Gasteiger partial charge < -0.3 is 4.74 Å². The van der Waals surface area contributed by atoms with E-state index in [2.05, 4.69) is 37.6 Å². The maximum atomic E-state index is 11.5. The minimum atomic E-state index is 0.0577. The van der Waals surface area contributed by atoms with Crippen molar-refractivity contribution in [3.05, 3.63) is 24.0 Å². The first-order valence-corrected chi connectivity index (χ1v) is 7.33. The van der Waals surface area contributed by atoms with Crippen LogP contribution in [0.5, 0.6) is 5.75 Å². The number of aromatic nitrogens is 1. The summed E-state index contributed by atoms with van der Waals surface area (Å²) in [6.07, 6.45) is 2.10. The Kier molecular flexibility index (Phi) is 6.65. The molecule has 0 atom stereocenters. The quantitative estimate of drug-likeness (QED) is 0.685. The Morgan fingerprint density at radius 1 is 1.25 bits per heavy atom. The lowest BCUT2D eigenvalue weighted by Crippen LogP contribution is -2.39. The molecule has 0 aliphatic carbocycles. The van der Waals surface area contributed by atoms with Gasteiger partial charge in [0.2, 0.25) is 0 Å². The van der Waals surface area contributed by atoms with E-state index < -0.39 is 0 Å². The summed E-state index contributed by atoms with van der Waals surface area (Å²) < 4.78 is 5.69. The van der Waals surface area contributed by atoms with E-state index in [1.165, 1.54) is 0 Å². The zero-order chi connectivity index (χ0) is 15.1. The SMILES string of the molecule is CCC(=O)c1ccc(OCCN(C(C)C)C(C)C)cn1. The molecule has 20 heavy (non-hydrogen) atoms. The van der Waals surface area contributed by atoms with Crippen molar-refractivity contribution in [3.8, 4) is 5.75 Å². The second-order valence-corrected chi connectivity index (χ2v) is 5.43. The van der Waals surface area contributed by atoms with Gasteiger partial charge in [-0.15, -0.1) is 0 Å². The van der Waals surface area contributed by atoms with Crippen molar-refractivity contribution in [1.82, 2.24) is 9.88 Å². The number of carbonyl (C=O) groups excluding carboxylic acids is 1. The van der Waals surface area contributed by atoms with E-state index in [1.807, 2.05) is 13.0 Å². The van der Waals surface area contributed by atoms with E-state index in [-0.39, 0.29) is 5.78 Å². The van der Waals surface area contributed by atoms with Crippen molar-refractivity contribution in [2.75, 3.05) is 13.2 Å². The monoisotopic (exact) mass is 278 g/mol. The van der Waals surface area contributed by atoms with Gasteiger partial charge in [-0.25, -0.2) is 4.98 Å². The van der Waals surface area contributed by atoms with Crippen molar-refractivity contribution in [3.63, 3.8) is 0 Å². The molecule has 0 saturated heterocycles. The molecule has 4 heteroatoms. The molecule has 0 N–H and O–H groups in total. The van der Waals surface area contributed by atoms with Gasteiger partial charge in [0.05, 0.1) is 6.20 Å². The van der Waals surface area contributed by atoms with Crippen molar-refractivity contribution in [2.45, 2.75) is 53.1 Å². The van der Waals surface area contributed by atoms with Crippen LogP contribution in [0.4, 0.5) is 0 Å². The van der Waals surface area contributed by atoms with Crippen LogP contribution in [-0.2, 0) is 0 Å². The fourth-order valence-electron chi connectivity index (χ4n) is 2.19. The third-order valence-corrected chi connectivity index (χ3v) is 3.29. The second kappa shape index (κ2) is 8.00. The van der Waals surface area contributed by atoms with Gasteiger partial charge in [-0.1, -0.05) is 6.92 Å². The molecule has 0 aliphatic heterocycles. The zero-order valence-electron chi connectivity index (χ0n) is 13.2. The predicted octanol–water partition coefficient (Wildman–Crippen LogP) is 3.17. The van der Waals surface area contributed by atoms with Gasteiger partial charge in [0.1, 0.15) is 18.1 Å². The number of nitrogens with zero attached hydrogens (tertiary/aromatic N) is 2. The predicted molar refractivity (Wildman–Crippen MR) is 81.3 cm³/mol. The Balaban J connectivity index is 2.48. The topological polar surface area (TPSA) is 42.4 Å². The van der Waals surface area contributed by atoms with Gasteiger partial charge in [0.15, 0.2) is 5.78 Å². The van der Waals surface area contributed by atoms with E-state index in [1.54, 1.807) is 12.3 Å². The molecule has 112 valence electrons. The lowest BCUT2D eigenvalue weighted by Gasteiger charge is -2.30. The summed E-state index contributed by atoms with van der Waals surface area (Å²) in [5.41, 5.74) is 0.505. The van der Waals surface area contributed by atoms with Crippen LogP contribution in [0.25, 0.3) is 0 Å². The molecule has 0 saturated carbocycles. The molecule has 0 unspecified atom stereocenters. The smallest absolute Gasteiger partial charge is 0.180 e. The molecule has 0 radical (unpaired) electrons. The fraction of sp³-hybridized carbons (Fsp3) is 0.625. The third kappa shape index (κ3) is 4.93. The van der Waals surface area contributed by atoms with Crippen LogP contribution < -0.4 is 4.74 Å². The minimum absolute atomic E-state index is 0.0577. The van der Waals surface area contributed by atoms with E-state index in [9.17, 15) is 4.79 Å². The van der Waals surface area contributed by atoms with Gasteiger partial charge in [-0.3, -0.25) is 9.69 Å². The lowest BCUT2D eigenvalue weighted by atomic mass is 10.2. The molecule has 0 amide bonds. The average molecular weight is 278 g/mol. The highest BCUT2D eigenvalue weighted by atomic mass is 16.5. The van der Waals surface area contributed by atoms with Gasteiger partial charge in [0.25, 0.3) is 0 Å². The van der Waals surface area contributed by atoms with Crippen LogP contribution in [-0.4, -0.2) is 40.9 Å². The molecule has 1 aromatic rings. The van der Waals surface area contributed by atoms with Crippen LogP contribution in [0, 0.1) is 0 Å². The maximum Gasteiger partial charge on any atom is 0.180 e. The summed E-state index contributed by atoms with van der Waals surface area (Å²) in [5, 5.41) is 0. The number of carbonyl (C=O) groups is 1. The van der Waals surface area contributed by atoms with Crippen molar-refractivity contribution >= 4 is 5.78 Å². The fourth-order valence-corrected chi connectivity index (χ4v) is 2.19. The molecule has 0 aliphatic rings. The second-order valence-electron chi connectivity index (χ2n) is 5.43. The van der Waals surface area contributed by atoms with Crippen LogP contribution in [0.15, 0.2) is 18.3 Å². The normalized spacial score (nSPS) is 11.4. The number of rotatable bonds is 8. The average Bonchev–Trinajstić information content (AvgIpc) is 2.42. The third-order valence-electron chi connectivity index (χ3n) is 3.29. The molecule has 1 rings (SSSR count). The summed E-state index contributed by atoms with van der Waals surface area (Å²) in [6.45, 7) is 12.1. The molecule has 0 bridgehead atoms. The van der Waals surface area contributed by atoms with Crippen LogP contribution >= 0.6 is 0 Å². The Bertz CT molecular complexity index is 405. The number of ether oxygens (including phenoxy) is 1. The maximum absolute atomic E-state index is 11.5. The first kappa shape index (κ1) is 16.6. The highest BCUT2D eigenvalue weighted by Gasteiger charge is 2.13. The molecule has 0 aromatic carbocycles. The molecular weight excluding hydrogens is 252 g/mol. The van der Waals surface area contributed by atoms with Gasteiger partial charge in [-0.05, 0) is 39.8 Å². The number of pyridine rings is 1. The Morgan fingerprint density at radius 3 is 2.35 bits per heavy atom. The van der Waals surface area contributed by atoms with Crippen LogP contribution in [0.3, 0.4) is 0 Å². The zero-order valence-corrected chi connectivity index (χ0v) is 13.2. The number of hydrogen-bond acceptors (Lipinski definition) is 4. The molecule has 0 spiro atoms. The molecule has 4 nitrogen and oxygen atoms in total. The number of hydrogen-bond donors (Lipinski definition) is 0. The van der Waals surface area contributed by atoms with Crippen molar-refractivity contribution in [1.29, 1.82) is 0 Å². The number of ketones is 1.